The fourth-order valence-electron chi connectivity index (χ4n) is 2.95. The van der Waals surface area contributed by atoms with Crippen LogP contribution < -0.4 is 0 Å². The summed E-state index contributed by atoms with van der Waals surface area (Å²) in [5.74, 6) is 0. The smallest absolute Gasteiger partial charge is 0.0542 e. The minimum absolute atomic E-state index is 1.34. The summed E-state index contributed by atoms with van der Waals surface area (Å²) in [7, 11) is 0. The highest BCUT2D eigenvalue weighted by atomic mass is 32.1. The number of hydrogen-bond donors (Lipinski definition) is 0. The fraction of sp³-hybridized carbons (Fsp3) is 0.0526. The van der Waals surface area contributed by atoms with Crippen LogP contribution in [0.5, 0.6) is 0 Å². The van der Waals surface area contributed by atoms with Crippen LogP contribution in [-0.2, 0) is 0 Å². The molecular formula is C19H12S3. The highest BCUT2D eigenvalue weighted by Crippen LogP contribution is 2.45. The molecule has 0 N–H and O–H groups in total. The highest BCUT2D eigenvalue weighted by Gasteiger charge is 2.12. The lowest BCUT2D eigenvalue weighted by molar-refractivity contribution is 1.64. The Bertz CT molecular complexity index is 1140. The predicted molar refractivity (Wildman–Crippen MR) is 103 cm³/mol. The molecule has 0 radical (unpaired) electrons. The third kappa shape index (κ3) is 1.80. The summed E-state index contributed by atoms with van der Waals surface area (Å²) in [5, 5.41) is 2.80. The molecule has 5 aromatic rings. The van der Waals surface area contributed by atoms with Crippen LogP contribution in [0.25, 0.3) is 40.0 Å². The number of hydrogen-bond acceptors (Lipinski definition) is 3. The van der Waals surface area contributed by atoms with E-state index in [2.05, 4.69) is 61.5 Å². The van der Waals surface area contributed by atoms with E-state index in [9.17, 15) is 0 Å². The van der Waals surface area contributed by atoms with Gasteiger partial charge in [-0.25, -0.2) is 0 Å². The van der Waals surface area contributed by atoms with Crippen molar-refractivity contribution in [2.75, 3.05) is 0 Å². The van der Waals surface area contributed by atoms with Gasteiger partial charge >= 0.3 is 0 Å². The SMILES string of the molecule is Cc1ccc(-c2ccc3c(c2)sc2c4ccccc4sc32)s1. The van der Waals surface area contributed by atoms with E-state index in [1.807, 2.05) is 34.0 Å². The molecule has 3 heteroatoms. The maximum Gasteiger partial charge on any atom is 0.0542 e. The quantitative estimate of drug-likeness (QED) is 0.301. The summed E-state index contributed by atoms with van der Waals surface area (Å²) in [6.45, 7) is 2.17. The van der Waals surface area contributed by atoms with Crippen LogP contribution >= 0.6 is 34.0 Å². The lowest BCUT2D eigenvalue weighted by Crippen LogP contribution is -1.70. The second-order valence-corrected chi connectivity index (χ2v) is 8.87. The van der Waals surface area contributed by atoms with Gasteiger partial charge in [0.1, 0.15) is 0 Å². The van der Waals surface area contributed by atoms with Crippen molar-refractivity contribution in [3.63, 3.8) is 0 Å². The number of aryl methyl sites for hydroxylation is 1. The Balaban J connectivity index is 1.81. The minimum atomic E-state index is 1.34. The molecule has 3 aromatic heterocycles. The van der Waals surface area contributed by atoms with Gasteiger partial charge in [-0.15, -0.1) is 34.0 Å². The van der Waals surface area contributed by atoms with Crippen molar-refractivity contribution >= 4 is 63.6 Å². The lowest BCUT2D eigenvalue weighted by atomic mass is 10.1. The molecule has 2 aromatic carbocycles. The molecule has 0 bridgehead atoms. The third-order valence-corrected chi connectivity index (χ3v) is 7.58. The molecule has 22 heavy (non-hydrogen) atoms. The van der Waals surface area contributed by atoms with Crippen molar-refractivity contribution in [3.8, 4) is 10.4 Å². The number of rotatable bonds is 1. The normalized spacial score (nSPS) is 11.9. The zero-order valence-electron chi connectivity index (χ0n) is 11.9. The van der Waals surface area contributed by atoms with E-state index in [0.717, 1.165) is 0 Å². The van der Waals surface area contributed by atoms with E-state index in [1.54, 1.807) is 0 Å². The van der Waals surface area contributed by atoms with E-state index >= 15 is 0 Å². The van der Waals surface area contributed by atoms with Crippen molar-refractivity contribution in [1.82, 2.24) is 0 Å². The van der Waals surface area contributed by atoms with Gasteiger partial charge in [0.05, 0.1) is 9.40 Å². The molecule has 0 aliphatic heterocycles. The lowest BCUT2D eigenvalue weighted by Gasteiger charge is -1.97. The first-order valence-electron chi connectivity index (χ1n) is 7.20. The molecule has 0 aliphatic rings. The van der Waals surface area contributed by atoms with Gasteiger partial charge in [-0.05, 0) is 36.8 Å². The first kappa shape index (κ1) is 12.8. The number of benzene rings is 2. The molecule has 0 amide bonds. The van der Waals surface area contributed by atoms with E-state index in [1.165, 1.54) is 44.9 Å². The molecule has 0 fully saturated rings. The molecule has 3 heterocycles. The summed E-state index contributed by atoms with van der Waals surface area (Å²) in [5.41, 5.74) is 1.34. The van der Waals surface area contributed by atoms with Gasteiger partial charge in [0.2, 0.25) is 0 Å². The molecular weight excluding hydrogens is 324 g/mol. The Morgan fingerprint density at radius 1 is 0.682 bits per heavy atom. The van der Waals surface area contributed by atoms with Crippen molar-refractivity contribution < 1.29 is 0 Å². The topological polar surface area (TPSA) is 0 Å². The van der Waals surface area contributed by atoms with Crippen LogP contribution in [0, 0.1) is 6.92 Å². The van der Waals surface area contributed by atoms with Crippen molar-refractivity contribution in [1.29, 1.82) is 0 Å². The van der Waals surface area contributed by atoms with E-state index in [-0.39, 0.29) is 0 Å². The zero-order valence-corrected chi connectivity index (χ0v) is 14.4. The average molecular weight is 337 g/mol. The van der Waals surface area contributed by atoms with Gasteiger partial charge in [0, 0.05) is 29.9 Å². The van der Waals surface area contributed by atoms with Gasteiger partial charge in [-0.1, -0.05) is 30.3 Å². The Morgan fingerprint density at radius 2 is 1.45 bits per heavy atom. The van der Waals surface area contributed by atoms with E-state index in [4.69, 9.17) is 0 Å². The highest BCUT2D eigenvalue weighted by molar-refractivity contribution is 7.36. The Morgan fingerprint density at radius 3 is 2.27 bits per heavy atom. The van der Waals surface area contributed by atoms with Crippen LogP contribution in [0.3, 0.4) is 0 Å². The van der Waals surface area contributed by atoms with Crippen molar-refractivity contribution in [3.05, 3.63) is 59.5 Å². The largest absolute Gasteiger partial charge is 0.141 e. The second kappa shape index (κ2) is 4.66. The summed E-state index contributed by atoms with van der Waals surface area (Å²) in [6, 6.07) is 20.1. The summed E-state index contributed by atoms with van der Waals surface area (Å²) in [6.07, 6.45) is 0. The maximum atomic E-state index is 2.35. The Labute approximate surface area is 140 Å². The summed E-state index contributed by atoms with van der Waals surface area (Å²) in [4.78, 5) is 2.73. The molecule has 0 saturated carbocycles. The van der Waals surface area contributed by atoms with Gasteiger partial charge in [-0.3, -0.25) is 0 Å². The van der Waals surface area contributed by atoms with Crippen LogP contribution in [0.2, 0.25) is 0 Å². The maximum absolute atomic E-state index is 2.35. The van der Waals surface area contributed by atoms with E-state index in [0.29, 0.717) is 0 Å². The van der Waals surface area contributed by atoms with Crippen molar-refractivity contribution in [2.45, 2.75) is 6.92 Å². The van der Waals surface area contributed by atoms with Crippen LogP contribution in [0.4, 0.5) is 0 Å². The van der Waals surface area contributed by atoms with Crippen LogP contribution in [0.1, 0.15) is 4.88 Å². The number of thiophene rings is 3. The first-order valence-corrected chi connectivity index (χ1v) is 9.65. The Hall–Kier alpha value is -1.68. The third-order valence-electron chi connectivity index (χ3n) is 4.01. The molecule has 0 unspecified atom stereocenters. The average Bonchev–Trinajstić information content (AvgIpc) is 3.20. The van der Waals surface area contributed by atoms with Gasteiger partial charge in [0.25, 0.3) is 0 Å². The molecule has 0 saturated heterocycles. The molecule has 0 spiro atoms. The van der Waals surface area contributed by atoms with E-state index < -0.39 is 0 Å². The van der Waals surface area contributed by atoms with Crippen molar-refractivity contribution in [2.24, 2.45) is 0 Å². The second-order valence-electron chi connectivity index (χ2n) is 5.48. The molecule has 0 atom stereocenters. The minimum Gasteiger partial charge on any atom is -0.141 e. The molecule has 5 rings (SSSR count). The standard InChI is InChI=1S/C19H12S3/c1-11-6-9-15(20-11)12-7-8-14-17(10-12)22-18-13-4-2-3-5-16(13)21-19(14)18/h2-10H,1H3. The monoisotopic (exact) mass is 336 g/mol. The van der Waals surface area contributed by atoms with Crippen LogP contribution in [0.15, 0.2) is 54.6 Å². The van der Waals surface area contributed by atoms with Gasteiger partial charge < -0.3 is 0 Å². The Kier molecular flexibility index (Phi) is 2.71. The van der Waals surface area contributed by atoms with Gasteiger partial charge in [0.15, 0.2) is 0 Å². The first-order chi connectivity index (χ1) is 10.8. The van der Waals surface area contributed by atoms with Gasteiger partial charge in [-0.2, -0.15) is 0 Å². The fourth-order valence-corrected chi connectivity index (χ4v) is 6.50. The molecule has 0 nitrogen and oxygen atoms in total. The van der Waals surface area contributed by atoms with Crippen LogP contribution in [-0.4, -0.2) is 0 Å². The predicted octanol–water partition coefficient (Wildman–Crippen LogP) is 7.31. The zero-order chi connectivity index (χ0) is 14.7. The summed E-state index contributed by atoms with van der Waals surface area (Å²) < 4.78 is 5.67. The molecule has 0 aliphatic carbocycles. The summed E-state index contributed by atoms with van der Waals surface area (Å²) >= 11 is 5.71. The molecule has 106 valence electrons. The number of fused-ring (bicyclic) bond motifs is 5.